The van der Waals surface area contributed by atoms with Crippen LogP contribution in [-0.2, 0) is 17.9 Å². The zero-order valence-electron chi connectivity index (χ0n) is 18.0. The van der Waals surface area contributed by atoms with E-state index in [1.165, 1.54) is 11.3 Å². The van der Waals surface area contributed by atoms with Gasteiger partial charge in [0.05, 0.1) is 5.52 Å². The maximum absolute atomic E-state index is 13.3. The number of aromatic nitrogens is 2. The summed E-state index contributed by atoms with van der Waals surface area (Å²) in [5.41, 5.74) is 1.25. The van der Waals surface area contributed by atoms with Gasteiger partial charge >= 0.3 is 5.69 Å². The Labute approximate surface area is 180 Å². The summed E-state index contributed by atoms with van der Waals surface area (Å²) in [5.74, 6) is -0.346. The number of unbranched alkanes of at least 4 members (excludes halogenated alkanes) is 2. The fraction of sp³-hybridized carbons (Fsp3) is 0.435. The molecule has 1 N–H and O–H groups in total. The standard InChI is InChI=1S/C23H29N3O3S/c1-5-6-10-13-25-19-17(16-11-8-7-9-12-16)15-30-20(19)21(28)26(22(25)29)14-18(27)24-23(2,3)4/h7-9,11-12,15H,5-6,10,13-14H2,1-4H3,(H,24,27). The quantitative estimate of drug-likeness (QED) is 0.579. The summed E-state index contributed by atoms with van der Waals surface area (Å²) in [5, 5.41) is 4.76. The second-order valence-corrected chi connectivity index (χ2v) is 9.40. The van der Waals surface area contributed by atoms with Crippen LogP contribution in [0.3, 0.4) is 0 Å². The molecule has 3 aromatic rings. The van der Waals surface area contributed by atoms with Gasteiger partial charge < -0.3 is 5.32 Å². The van der Waals surface area contributed by atoms with Crippen molar-refractivity contribution in [3.63, 3.8) is 0 Å². The topological polar surface area (TPSA) is 73.1 Å². The molecule has 2 aromatic heterocycles. The van der Waals surface area contributed by atoms with Crippen LogP contribution in [0.5, 0.6) is 0 Å². The van der Waals surface area contributed by atoms with Crippen molar-refractivity contribution in [3.05, 3.63) is 56.5 Å². The Morgan fingerprint density at radius 1 is 1.07 bits per heavy atom. The minimum Gasteiger partial charge on any atom is -0.350 e. The Bertz CT molecular complexity index is 1150. The molecular weight excluding hydrogens is 398 g/mol. The molecule has 0 unspecified atom stereocenters. The van der Waals surface area contributed by atoms with Crippen LogP contribution in [0.25, 0.3) is 21.3 Å². The molecule has 160 valence electrons. The monoisotopic (exact) mass is 427 g/mol. The van der Waals surface area contributed by atoms with Gasteiger partial charge in [-0.1, -0.05) is 50.1 Å². The van der Waals surface area contributed by atoms with Gasteiger partial charge in [-0.25, -0.2) is 9.36 Å². The lowest BCUT2D eigenvalue weighted by atomic mass is 10.1. The van der Waals surface area contributed by atoms with E-state index in [1.54, 1.807) is 4.57 Å². The summed E-state index contributed by atoms with van der Waals surface area (Å²) in [6.45, 7) is 7.94. The van der Waals surface area contributed by atoms with E-state index in [4.69, 9.17) is 0 Å². The van der Waals surface area contributed by atoms with Crippen LogP contribution < -0.4 is 16.6 Å². The lowest BCUT2D eigenvalue weighted by molar-refractivity contribution is -0.123. The number of rotatable bonds is 7. The molecule has 0 saturated carbocycles. The number of hydrogen-bond acceptors (Lipinski definition) is 4. The van der Waals surface area contributed by atoms with Crippen molar-refractivity contribution in [2.24, 2.45) is 0 Å². The van der Waals surface area contributed by atoms with Crippen LogP contribution >= 0.6 is 11.3 Å². The Morgan fingerprint density at radius 2 is 1.77 bits per heavy atom. The number of aryl methyl sites for hydroxylation is 1. The van der Waals surface area contributed by atoms with Gasteiger partial charge in [-0.05, 0) is 32.8 Å². The third-order valence-corrected chi connectivity index (χ3v) is 5.78. The third kappa shape index (κ3) is 4.73. The number of hydrogen-bond donors (Lipinski definition) is 1. The van der Waals surface area contributed by atoms with Gasteiger partial charge in [0, 0.05) is 23.0 Å². The van der Waals surface area contributed by atoms with Gasteiger partial charge in [0.2, 0.25) is 5.91 Å². The molecule has 0 bridgehead atoms. The summed E-state index contributed by atoms with van der Waals surface area (Å²) in [6, 6.07) is 9.77. The van der Waals surface area contributed by atoms with Crippen molar-refractivity contribution in [1.82, 2.24) is 14.5 Å². The summed E-state index contributed by atoms with van der Waals surface area (Å²) in [4.78, 5) is 38.9. The largest absolute Gasteiger partial charge is 0.350 e. The predicted molar refractivity (Wildman–Crippen MR) is 123 cm³/mol. The Kier molecular flexibility index (Phi) is 6.61. The van der Waals surface area contributed by atoms with Crippen molar-refractivity contribution in [2.75, 3.05) is 0 Å². The number of nitrogens with zero attached hydrogens (tertiary/aromatic N) is 2. The van der Waals surface area contributed by atoms with Crippen LogP contribution in [-0.4, -0.2) is 20.6 Å². The zero-order valence-corrected chi connectivity index (χ0v) is 18.8. The summed E-state index contributed by atoms with van der Waals surface area (Å²) >= 11 is 1.33. The van der Waals surface area contributed by atoms with E-state index >= 15 is 0 Å². The molecule has 0 aliphatic carbocycles. The van der Waals surface area contributed by atoms with Crippen LogP contribution in [0.1, 0.15) is 47.0 Å². The fourth-order valence-corrected chi connectivity index (χ4v) is 4.54. The number of benzene rings is 1. The Balaban J connectivity index is 2.17. The molecule has 0 aliphatic rings. The predicted octanol–water partition coefficient (Wildman–Crippen LogP) is 4.00. The molecule has 0 fully saturated rings. The molecule has 1 aromatic carbocycles. The third-order valence-electron chi connectivity index (χ3n) is 4.82. The van der Waals surface area contributed by atoms with E-state index < -0.39 is 16.8 Å². The molecule has 6 nitrogen and oxygen atoms in total. The minimum atomic E-state index is -0.436. The van der Waals surface area contributed by atoms with E-state index in [-0.39, 0.29) is 12.5 Å². The van der Waals surface area contributed by atoms with Gasteiger partial charge in [-0.2, -0.15) is 0 Å². The van der Waals surface area contributed by atoms with Crippen molar-refractivity contribution in [3.8, 4) is 11.1 Å². The van der Waals surface area contributed by atoms with E-state index in [9.17, 15) is 14.4 Å². The molecule has 0 saturated heterocycles. The zero-order chi connectivity index (χ0) is 21.9. The summed E-state index contributed by atoms with van der Waals surface area (Å²) < 4.78 is 3.25. The highest BCUT2D eigenvalue weighted by Crippen LogP contribution is 2.31. The van der Waals surface area contributed by atoms with Gasteiger partial charge in [0.25, 0.3) is 5.56 Å². The lowest BCUT2D eigenvalue weighted by Crippen LogP contribution is -2.47. The van der Waals surface area contributed by atoms with Crippen LogP contribution in [0, 0.1) is 0 Å². The van der Waals surface area contributed by atoms with Crippen molar-refractivity contribution >= 4 is 27.5 Å². The van der Waals surface area contributed by atoms with Gasteiger partial charge in [0.15, 0.2) is 0 Å². The molecule has 2 heterocycles. The molecule has 0 radical (unpaired) electrons. The molecule has 3 rings (SSSR count). The van der Waals surface area contributed by atoms with Crippen LogP contribution in [0.4, 0.5) is 0 Å². The van der Waals surface area contributed by atoms with Crippen LogP contribution in [0.2, 0.25) is 0 Å². The number of thiophene rings is 1. The number of carbonyl (C=O) groups is 1. The molecule has 7 heteroatoms. The van der Waals surface area contributed by atoms with Gasteiger partial charge in [-0.15, -0.1) is 11.3 Å². The Hall–Kier alpha value is -2.67. The van der Waals surface area contributed by atoms with E-state index in [0.717, 1.165) is 35.0 Å². The summed E-state index contributed by atoms with van der Waals surface area (Å²) in [7, 11) is 0. The van der Waals surface area contributed by atoms with E-state index in [1.807, 2.05) is 56.5 Å². The first-order valence-electron chi connectivity index (χ1n) is 10.3. The number of fused-ring (bicyclic) bond motifs is 1. The number of nitrogens with one attached hydrogen (secondary N) is 1. The highest BCUT2D eigenvalue weighted by molar-refractivity contribution is 7.17. The first-order valence-corrected chi connectivity index (χ1v) is 11.2. The smallest absolute Gasteiger partial charge is 0.332 e. The fourth-order valence-electron chi connectivity index (χ4n) is 3.51. The molecule has 0 spiro atoms. The van der Waals surface area contributed by atoms with Crippen molar-refractivity contribution < 1.29 is 4.79 Å². The SMILES string of the molecule is CCCCCn1c(=O)n(CC(=O)NC(C)(C)C)c(=O)c2scc(-c3ccccc3)c21. The molecule has 0 aliphatic heterocycles. The van der Waals surface area contributed by atoms with E-state index in [0.29, 0.717) is 16.8 Å². The highest BCUT2D eigenvalue weighted by atomic mass is 32.1. The Morgan fingerprint density at radius 3 is 2.40 bits per heavy atom. The molecular formula is C23H29N3O3S. The lowest BCUT2D eigenvalue weighted by Gasteiger charge is -2.21. The van der Waals surface area contributed by atoms with Crippen molar-refractivity contribution in [2.45, 2.75) is 65.6 Å². The highest BCUT2D eigenvalue weighted by Gasteiger charge is 2.21. The average Bonchev–Trinajstić information content (AvgIpc) is 3.12. The first-order chi connectivity index (χ1) is 14.2. The maximum atomic E-state index is 13.3. The van der Waals surface area contributed by atoms with E-state index in [2.05, 4.69) is 12.2 Å². The molecule has 0 atom stereocenters. The summed E-state index contributed by atoms with van der Waals surface area (Å²) in [6.07, 6.45) is 2.85. The number of amides is 1. The molecule has 30 heavy (non-hydrogen) atoms. The second-order valence-electron chi connectivity index (χ2n) is 8.52. The average molecular weight is 428 g/mol. The van der Waals surface area contributed by atoms with Gasteiger partial charge in [0.1, 0.15) is 11.2 Å². The maximum Gasteiger partial charge on any atom is 0.332 e. The molecule has 1 amide bonds. The first kappa shape index (κ1) is 22.0. The van der Waals surface area contributed by atoms with Gasteiger partial charge in [-0.3, -0.25) is 14.2 Å². The second kappa shape index (κ2) is 9.00. The van der Waals surface area contributed by atoms with Crippen LogP contribution in [0.15, 0.2) is 45.3 Å². The minimum absolute atomic E-state index is 0.281. The normalized spacial score (nSPS) is 11.7. The number of carbonyl (C=O) groups excluding carboxylic acids is 1. The van der Waals surface area contributed by atoms with Crippen molar-refractivity contribution in [1.29, 1.82) is 0 Å².